The number of hydrogen-bond donors (Lipinski definition) is 2. The number of piperidine rings is 2. The minimum absolute atomic E-state index is 0.115. The molecule has 10 rings (SSSR count). The molecule has 286 valence electrons. The molecule has 56 heavy (non-hydrogen) atoms. The first-order valence-corrected chi connectivity index (χ1v) is 20.3. The van der Waals surface area contributed by atoms with Gasteiger partial charge in [-0.1, -0.05) is 48.5 Å². The third kappa shape index (κ3) is 6.19. The summed E-state index contributed by atoms with van der Waals surface area (Å²) in [6, 6.07) is 29.3. The zero-order valence-electron chi connectivity index (χ0n) is 31.5. The van der Waals surface area contributed by atoms with Crippen LogP contribution in [0.1, 0.15) is 98.0 Å². The number of carbonyl (C=O) groups is 4. The SMILES string of the molecule is O=C1CCC(N2C(=O)c3cc4c(cc3C2=O)CN(C2CCN(CC3CN(c5ccc([C@@H]6c7ccc(O)cc7CC[C@@H]6c6ccccc6)cc5)C3)CC2)C4)C(=O)N1. The Morgan fingerprint density at radius 3 is 2.07 bits per heavy atom. The molecule has 6 aliphatic rings. The Hall–Kier alpha value is -5.32. The molecule has 4 amide bonds. The Morgan fingerprint density at radius 2 is 1.39 bits per heavy atom. The number of rotatable bonds is 7. The number of nitrogens with zero attached hydrogens (tertiary/aromatic N) is 4. The first-order valence-electron chi connectivity index (χ1n) is 20.3. The average molecular weight is 750 g/mol. The first kappa shape index (κ1) is 35.1. The molecule has 1 aliphatic carbocycles. The van der Waals surface area contributed by atoms with E-state index in [0.29, 0.717) is 34.8 Å². The lowest BCUT2D eigenvalue weighted by atomic mass is 9.69. The summed E-state index contributed by atoms with van der Waals surface area (Å²) in [6.45, 7) is 6.91. The number of anilines is 1. The molecule has 5 heterocycles. The van der Waals surface area contributed by atoms with Gasteiger partial charge in [0, 0.05) is 62.7 Å². The predicted molar refractivity (Wildman–Crippen MR) is 211 cm³/mol. The van der Waals surface area contributed by atoms with Gasteiger partial charge in [-0.2, -0.15) is 0 Å². The van der Waals surface area contributed by atoms with E-state index in [1.165, 1.54) is 27.9 Å². The molecule has 0 bridgehead atoms. The highest BCUT2D eigenvalue weighted by Gasteiger charge is 2.46. The molecule has 3 fully saturated rings. The maximum absolute atomic E-state index is 13.4. The van der Waals surface area contributed by atoms with E-state index < -0.39 is 23.8 Å². The molecule has 4 aromatic carbocycles. The van der Waals surface area contributed by atoms with Crippen molar-refractivity contribution in [2.45, 2.75) is 75.5 Å². The van der Waals surface area contributed by atoms with E-state index in [4.69, 9.17) is 0 Å². The van der Waals surface area contributed by atoms with E-state index in [2.05, 4.69) is 80.7 Å². The number of phenols is 1. The van der Waals surface area contributed by atoms with Crippen LogP contribution in [0, 0.1) is 5.92 Å². The van der Waals surface area contributed by atoms with E-state index >= 15 is 0 Å². The van der Waals surface area contributed by atoms with Crippen molar-refractivity contribution in [2.24, 2.45) is 5.92 Å². The fourth-order valence-electron chi connectivity index (χ4n) is 10.6. The number of fused-ring (bicyclic) bond motifs is 3. The number of hydrogen-bond acceptors (Lipinski definition) is 8. The van der Waals surface area contributed by atoms with Crippen LogP contribution in [0.15, 0.2) is 84.9 Å². The van der Waals surface area contributed by atoms with Gasteiger partial charge in [0.15, 0.2) is 0 Å². The van der Waals surface area contributed by atoms with E-state index in [9.17, 15) is 24.3 Å². The van der Waals surface area contributed by atoms with Gasteiger partial charge in [0.25, 0.3) is 11.8 Å². The topological polar surface area (TPSA) is 114 Å². The predicted octanol–water partition coefficient (Wildman–Crippen LogP) is 5.57. The highest BCUT2D eigenvalue weighted by atomic mass is 16.3. The number of nitrogens with one attached hydrogen (secondary N) is 1. The number of benzene rings is 4. The summed E-state index contributed by atoms with van der Waals surface area (Å²) in [4.78, 5) is 59.5. The second-order valence-corrected chi connectivity index (χ2v) is 16.8. The van der Waals surface area contributed by atoms with Gasteiger partial charge in [-0.25, -0.2) is 0 Å². The van der Waals surface area contributed by atoms with Crippen molar-refractivity contribution < 1.29 is 24.3 Å². The van der Waals surface area contributed by atoms with Crippen LogP contribution >= 0.6 is 0 Å². The smallest absolute Gasteiger partial charge is 0.262 e. The highest BCUT2D eigenvalue weighted by molar-refractivity contribution is 6.23. The molecule has 3 saturated heterocycles. The first-order chi connectivity index (χ1) is 27.3. The minimum atomic E-state index is -0.941. The molecule has 5 aliphatic heterocycles. The molecular weight excluding hydrogens is 703 g/mol. The van der Waals surface area contributed by atoms with Crippen molar-refractivity contribution in [1.82, 2.24) is 20.0 Å². The second-order valence-electron chi connectivity index (χ2n) is 16.8. The lowest BCUT2D eigenvalue weighted by Crippen LogP contribution is -2.54. The molecule has 10 nitrogen and oxygen atoms in total. The van der Waals surface area contributed by atoms with Crippen LogP contribution in [0.4, 0.5) is 5.69 Å². The standard InChI is InChI=1S/C46H47N5O5/c52-36-11-13-38-31(20-36)8-12-37(29-4-2-1-3-5-29)43(38)30-6-9-34(10-7-30)49-24-28(25-49)23-48-18-16-35(17-19-48)50-26-32-21-39-40(22-33(32)27-50)46(56)51(45(39)55)41-14-15-42(53)47-44(41)54/h1-7,9-11,13,20-22,28,35,37,41,43,52H,8,12,14-19,23-27H2,(H,47,53,54)/t37-,41?,43+/m1/s1. The Bertz CT molecular complexity index is 2180. The summed E-state index contributed by atoms with van der Waals surface area (Å²) < 4.78 is 0. The van der Waals surface area contributed by atoms with E-state index in [0.717, 1.165) is 87.5 Å². The molecule has 0 radical (unpaired) electrons. The second kappa shape index (κ2) is 14.0. The third-order valence-corrected chi connectivity index (χ3v) is 13.5. The van der Waals surface area contributed by atoms with Crippen molar-refractivity contribution in [3.63, 3.8) is 0 Å². The van der Waals surface area contributed by atoms with Gasteiger partial charge < -0.3 is 14.9 Å². The van der Waals surface area contributed by atoms with E-state index in [1.54, 1.807) is 0 Å². The fraction of sp³-hybridized carbons (Fsp3) is 0.391. The number of likely N-dealkylation sites (tertiary alicyclic amines) is 1. The third-order valence-electron chi connectivity index (χ3n) is 13.5. The van der Waals surface area contributed by atoms with Gasteiger partial charge >= 0.3 is 0 Å². The van der Waals surface area contributed by atoms with Crippen LogP contribution in [0.25, 0.3) is 0 Å². The Balaban J connectivity index is 0.723. The lowest BCUT2D eigenvalue weighted by molar-refractivity contribution is -0.136. The van der Waals surface area contributed by atoms with Gasteiger partial charge in [-0.15, -0.1) is 0 Å². The van der Waals surface area contributed by atoms with Crippen LogP contribution in [0.2, 0.25) is 0 Å². The van der Waals surface area contributed by atoms with Crippen molar-refractivity contribution in [3.05, 3.63) is 129 Å². The van der Waals surface area contributed by atoms with Gasteiger partial charge in [-0.05, 0) is 121 Å². The van der Waals surface area contributed by atoms with Gasteiger partial charge in [-0.3, -0.25) is 34.3 Å². The quantitative estimate of drug-likeness (QED) is 0.236. The van der Waals surface area contributed by atoms with Gasteiger partial charge in [0.2, 0.25) is 11.8 Å². The molecule has 10 heteroatoms. The summed E-state index contributed by atoms with van der Waals surface area (Å²) in [6.07, 6.45) is 4.51. The molecule has 0 aromatic heterocycles. The van der Waals surface area contributed by atoms with Crippen molar-refractivity contribution >= 4 is 29.3 Å². The number of phenolic OH excluding ortho intramolecular Hbond substituents is 1. The van der Waals surface area contributed by atoms with Crippen molar-refractivity contribution in [1.29, 1.82) is 0 Å². The van der Waals surface area contributed by atoms with Crippen LogP contribution in [0.3, 0.4) is 0 Å². The molecule has 2 N–H and O–H groups in total. The van der Waals surface area contributed by atoms with Crippen LogP contribution in [-0.4, -0.2) is 88.2 Å². The Morgan fingerprint density at radius 1 is 0.696 bits per heavy atom. The molecular formula is C46H47N5O5. The maximum atomic E-state index is 13.4. The zero-order chi connectivity index (χ0) is 38.1. The summed E-state index contributed by atoms with van der Waals surface area (Å²) >= 11 is 0. The zero-order valence-corrected chi connectivity index (χ0v) is 31.5. The van der Waals surface area contributed by atoms with Gasteiger partial charge in [0.05, 0.1) is 11.1 Å². The summed E-state index contributed by atoms with van der Waals surface area (Å²) in [7, 11) is 0. The molecule has 1 unspecified atom stereocenters. The Kier molecular flexibility index (Phi) is 8.78. The average Bonchev–Trinajstić information content (AvgIpc) is 3.72. The summed E-state index contributed by atoms with van der Waals surface area (Å²) in [5, 5.41) is 12.5. The maximum Gasteiger partial charge on any atom is 0.262 e. The lowest BCUT2D eigenvalue weighted by Gasteiger charge is -2.45. The molecule has 0 saturated carbocycles. The van der Waals surface area contributed by atoms with Crippen molar-refractivity contribution in [3.8, 4) is 5.75 Å². The molecule has 3 atom stereocenters. The van der Waals surface area contributed by atoms with Crippen molar-refractivity contribution in [2.75, 3.05) is 37.6 Å². The van der Waals surface area contributed by atoms with E-state index in [1.807, 2.05) is 24.3 Å². The summed E-state index contributed by atoms with van der Waals surface area (Å²) in [5.41, 5.74) is 9.48. The monoisotopic (exact) mass is 749 g/mol. The van der Waals surface area contributed by atoms with Crippen LogP contribution in [0.5, 0.6) is 5.75 Å². The largest absolute Gasteiger partial charge is 0.508 e. The number of imide groups is 2. The normalized spacial score (nSPS) is 24.5. The fourth-order valence-corrected chi connectivity index (χ4v) is 10.6. The number of carbonyl (C=O) groups excluding carboxylic acids is 4. The molecule has 4 aromatic rings. The number of aryl methyl sites for hydroxylation is 1. The summed E-state index contributed by atoms with van der Waals surface area (Å²) in [5.74, 6) is -0.182. The number of amides is 4. The Labute approximate surface area is 327 Å². The van der Waals surface area contributed by atoms with E-state index in [-0.39, 0.29) is 24.7 Å². The number of aromatic hydroxyl groups is 1. The van der Waals surface area contributed by atoms with Crippen LogP contribution in [-0.2, 0) is 29.1 Å². The molecule has 0 spiro atoms. The van der Waals surface area contributed by atoms with Crippen LogP contribution < -0.4 is 10.2 Å². The minimum Gasteiger partial charge on any atom is -0.508 e. The van der Waals surface area contributed by atoms with Gasteiger partial charge in [0.1, 0.15) is 11.8 Å². The highest BCUT2D eigenvalue weighted by Crippen LogP contribution is 2.47.